The topological polar surface area (TPSA) is 133 Å². The molecule has 0 amide bonds. The maximum absolute atomic E-state index is 11.7. The minimum atomic E-state index is -1.29. The largest absolute Gasteiger partial charge is 0.394 e. The minimum Gasteiger partial charge on any atom is -0.394 e. The Bertz CT molecular complexity index is 701. The number of aromatic amines is 1. The van der Waals surface area contributed by atoms with E-state index in [1.165, 1.54) is 11.0 Å². The number of hydrogen-bond acceptors (Lipinski definition) is 7. The second kappa shape index (κ2) is 4.90. The second-order valence-corrected chi connectivity index (χ2v) is 5.15. The average Bonchev–Trinajstić information content (AvgIpc) is 2.90. The Labute approximate surface area is 120 Å². The summed E-state index contributed by atoms with van der Waals surface area (Å²) in [6.45, 7) is -0.441. The molecule has 0 aromatic carbocycles. The molecule has 3 rings (SSSR count). The van der Waals surface area contributed by atoms with E-state index in [1.807, 2.05) is 0 Å². The summed E-state index contributed by atoms with van der Waals surface area (Å²) < 4.78 is 6.82. The predicted octanol–water partition coefficient (Wildman–Crippen LogP) is -1.51. The maximum Gasteiger partial charge on any atom is 0.263 e. The first kappa shape index (κ1) is 13.6. The van der Waals surface area contributed by atoms with Gasteiger partial charge in [-0.15, -0.1) is 0 Å². The van der Waals surface area contributed by atoms with E-state index in [-0.39, 0.29) is 21.2 Å². The number of fused-ring (bicyclic) bond motifs is 1. The number of aliphatic hydroxyl groups excluding tert-OH is 3. The van der Waals surface area contributed by atoms with Gasteiger partial charge in [-0.3, -0.25) is 4.79 Å². The van der Waals surface area contributed by atoms with Crippen molar-refractivity contribution in [2.24, 2.45) is 0 Å². The molecular weight excluding hydrogens is 336 g/mol. The number of nitrogens with zero attached hydrogens (tertiary/aromatic N) is 3. The van der Waals surface area contributed by atoms with Gasteiger partial charge in [-0.05, 0) is 15.9 Å². The summed E-state index contributed by atoms with van der Waals surface area (Å²) in [6, 6.07) is 0. The zero-order valence-electron chi connectivity index (χ0n) is 9.97. The summed E-state index contributed by atoms with van der Waals surface area (Å²) in [7, 11) is 0. The number of aromatic nitrogens is 4. The lowest BCUT2D eigenvalue weighted by Crippen LogP contribution is -2.33. The van der Waals surface area contributed by atoms with E-state index in [0.717, 1.165) is 0 Å². The fraction of sp³-hybridized carbons (Fsp3) is 0.500. The van der Waals surface area contributed by atoms with E-state index in [9.17, 15) is 15.0 Å². The third-order valence-electron chi connectivity index (χ3n) is 3.21. The summed E-state index contributed by atoms with van der Waals surface area (Å²) in [5.74, 6) is 0. The van der Waals surface area contributed by atoms with Crippen LogP contribution in [-0.2, 0) is 4.74 Å². The predicted molar refractivity (Wildman–Crippen MR) is 68.9 cm³/mol. The van der Waals surface area contributed by atoms with Crippen LogP contribution < -0.4 is 5.56 Å². The van der Waals surface area contributed by atoms with Crippen molar-refractivity contribution < 1.29 is 20.1 Å². The molecule has 10 heteroatoms. The summed E-state index contributed by atoms with van der Waals surface area (Å²) >= 11 is 3.14. The smallest absolute Gasteiger partial charge is 0.263 e. The highest BCUT2D eigenvalue weighted by molar-refractivity contribution is 9.10. The molecule has 0 unspecified atom stereocenters. The highest BCUT2D eigenvalue weighted by Crippen LogP contribution is 2.31. The van der Waals surface area contributed by atoms with Crippen LogP contribution in [0.2, 0.25) is 0 Å². The van der Waals surface area contributed by atoms with Gasteiger partial charge in [0.1, 0.15) is 28.3 Å². The van der Waals surface area contributed by atoms with E-state index in [2.05, 4.69) is 31.0 Å². The molecule has 9 nitrogen and oxygen atoms in total. The van der Waals surface area contributed by atoms with Crippen LogP contribution in [0.3, 0.4) is 0 Å². The first-order valence-corrected chi connectivity index (χ1v) is 6.57. The lowest BCUT2D eigenvalue weighted by Gasteiger charge is -2.15. The van der Waals surface area contributed by atoms with E-state index in [0.29, 0.717) is 0 Å². The van der Waals surface area contributed by atoms with Crippen molar-refractivity contribution >= 4 is 27.0 Å². The van der Waals surface area contributed by atoms with Crippen molar-refractivity contribution in [2.75, 3.05) is 6.61 Å². The molecule has 0 bridgehead atoms. The fourth-order valence-corrected chi connectivity index (χ4v) is 2.73. The number of rotatable bonds is 2. The maximum atomic E-state index is 11.7. The van der Waals surface area contributed by atoms with Crippen LogP contribution in [0.1, 0.15) is 6.23 Å². The van der Waals surface area contributed by atoms with Gasteiger partial charge in [0.05, 0.1) is 12.9 Å². The van der Waals surface area contributed by atoms with Crippen molar-refractivity contribution in [2.45, 2.75) is 24.5 Å². The molecule has 0 saturated carbocycles. The molecule has 2 aromatic heterocycles. The molecule has 3 heterocycles. The highest BCUT2D eigenvalue weighted by atomic mass is 79.9. The molecule has 1 fully saturated rings. The van der Waals surface area contributed by atoms with Gasteiger partial charge in [-0.25, -0.2) is 9.67 Å². The van der Waals surface area contributed by atoms with Crippen LogP contribution in [0.5, 0.6) is 0 Å². The third-order valence-corrected chi connectivity index (χ3v) is 3.77. The Morgan fingerprint density at radius 1 is 1.45 bits per heavy atom. The number of halogens is 1. The summed E-state index contributed by atoms with van der Waals surface area (Å²) in [4.78, 5) is 18.1. The standard InChI is InChI=1S/C10H11BrN4O5/c11-7-4-8(12-2-13-9(4)19)15(14-7)10-6(18)5(17)3(1-16)20-10/h2-3,5-6,10,16-18H,1H2,(H,12,13,19)/t3-,5-,6-,10-/m0/s1. The van der Waals surface area contributed by atoms with Crippen molar-refractivity contribution in [3.8, 4) is 0 Å². The summed E-state index contributed by atoms with van der Waals surface area (Å²) in [5, 5.41) is 33.1. The van der Waals surface area contributed by atoms with Gasteiger partial charge in [-0.1, -0.05) is 0 Å². The van der Waals surface area contributed by atoms with Crippen LogP contribution in [-0.4, -0.2) is 60.0 Å². The van der Waals surface area contributed by atoms with E-state index < -0.39 is 31.1 Å². The van der Waals surface area contributed by atoms with Gasteiger partial charge in [0.15, 0.2) is 11.9 Å². The Kier molecular flexibility index (Phi) is 3.34. The number of ether oxygens (including phenoxy) is 1. The van der Waals surface area contributed by atoms with Crippen LogP contribution in [0.15, 0.2) is 15.7 Å². The van der Waals surface area contributed by atoms with E-state index in [4.69, 9.17) is 9.84 Å². The van der Waals surface area contributed by atoms with Gasteiger partial charge in [-0.2, -0.15) is 5.10 Å². The van der Waals surface area contributed by atoms with Crippen LogP contribution >= 0.6 is 15.9 Å². The molecule has 1 aliphatic rings. The first-order valence-electron chi connectivity index (χ1n) is 5.78. The van der Waals surface area contributed by atoms with Crippen molar-refractivity contribution in [3.63, 3.8) is 0 Å². The number of hydrogen-bond donors (Lipinski definition) is 4. The normalized spacial score (nSPS) is 30.2. The van der Waals surface area contributed by atoms with E-state index >= 15 is 0 Å². The SMILES string of the molecule is O=c1[nH]cnc2c1c(Br)nn2[C@H]1O[C@@H](CO)[C@H](O)[C@@H]1O. The fourth-order valence-electron chi connectivity index (χ4n) is 2.20. The Balaban J connectivity index is 2.12. The van der Waals surface area contributed by atoms with Gasteiger partial charge < -0.3 is 25.0 Å². The number of H-pyrrole nitrogens is 1. The minimum absolute atomic E-state index is 0.204. The van der Waals surface area contributed by atoms with Gasteiger partial charge in [0.2, 0.25) is 0 Å². The molecule has 108 valence electrons. The summed E-state index contributed by atoms with van der Waals surface area (Å²) in [6.07, 6.45) is -3.29. The molecule has 1 aliphatic heterocycles. The average molecular weight is 347 g/mol. The summed E-state index contributed by atoms with van der Waals surface area (Å²) in [5.41, 5.74) is -0.185. The molecule has 20 heavy (non-hydrogen) atoms. The molecule has 1 saturated heterocycles. The Morgan fingerprint density at radius 2 is 2.20 bits per heavy atom. The molecule has 0 spiro atoms. The second-order valence-electron chi connectivity index (χ2n) is 4.39. The monoisotopic (exact) mass is 346 g/mol. The van der Waals surface area contributed by atoms with Gasteiger partial charge in [0, 0.05) is 0 Å². The van der Waals surface area contributed by atoms with Crippen molar-refractivity contribution in [1.82, 2.24) is 19.7 Å². The molecule has 0 radical (unpaired) electrons. The van der Waals surface area contributed by atoms with Crippen molar-refractivity contribution in [3.05, 3.63) is 21.3 Å². The molecule has 0 aliphatic carbocycles. The molecule has 4 atom stereocenters. The zero-order chi connectivity index (χ0) is 14.4. The van der Waals surface area contributed by atoms with Gasteiger partial charge >= 0.3 is 0 Å². The quantitative estimate of drug-likeness (QED) is 0.519. The molecule has 2 aromatic rings. The molecular formula is C10H11BrN4O5. The first-order chi connectivity index (χ1) is 9.54. The van der Waals surface area contributed by atoms with Crippen LogP contribution in [0.25, 0.3) is 11.0 Å². The lowest BCUT2D eigenvalue weighted by molar-refractivity contribution is -0.0568. The van der Waals surface area contributed by atoms with Crippen LogP contribution in [0, 0.1) is 0 Å². The van der Waals surface area contributed by atoms with Gasteiger partial charge in [0.25, 0.3) is 5.56 Å². The number of aliphatic hydroxyl groups is 3. The molecule has 4 N–H and O–H groups in total. The van der Waals surface area contributed by atoms with E-state index in [1.54, 1.807) is 0 Å². The zero-order valence-corrected chi connectivity index (χ0v) is 11.6. The lowest BCUT2D eigenvalue weighted by atomic mass is 10.1. The van der Waals surface area contributed by atoms with Crippen LogP contribution in [0.4, 0.5) is 0 Å². The Hall–Kier alpha value is -1.33. The Morgan fingerprint density at radius 3 is 2.85 bits per heavy atom. The highest BCUT2D eigenvalue weighted by Gasteiger charge is 2.44. The van der Waals surface area contributed by atoms with Crippen molar-refractivity contribution in [1.29, 1.82) is 0 Å². The number of nitrogens with one attached hydrogen (secondary N) is 1. The third kappa shape index (κ3) is 1.88.